The van der Waals surface area contributed by atoms with Crippen LogP contribution in [0.3, 0.4) is 0 Å². The van der Waals surface area contributed by atoms with Crippen LogP contribution in [-0.4, -0.2) is 35.7 Å². The molecule has 27 heavy (non-hydrogen) atoms. The van der Waals surface area contributed by atoms with Crippen LogP contribution in [0.1, 0.15) is 18.4 Å². The average molecular weight is 364 g/mol. The normalized spacial score (nSPS) is 17.4. The number of fused-ring (bicyclic) bond motifs is 1. The number of nitrogens with zero attached hydrogens (tertiary/aromatic N) is 2. The molecule has 1 atom stereocenters. The fourth-order valence-electron chi connectivity index (χ4n) is 3.89. The molecule has 0 aliphatic carbocycles. The quantitative estimate of drug-likeness (QED) is 0.565. The summed E-state index contributed by atoms with van der Waals surface area (Å²) in [7, 11) is 0. The standard InChI is InChI=1S/C22H29N5/c23-9-11-25-13-17-3-5-19(6-4-17)20-7-8-21-22(12-20)27(16-26-21)15-18-2-1-10-24-14-18/h3-8,12,16,18,24-25H,1-2,9-11,13-15,23H2. The maximum absolute atomic E-state index is 5.53. The van der Waals surface area contributed by atoms with Crippen LogP contribution >= 0.6 is 0 Å². The van der Waals surface area contributed by atoms with E-state index >= 15 is 0 Å². The Hall–Kier alpha value is -2.21. The molecule has 1 aromatic heterocycles. The van der Waals surface area contributed by atoms with Gasteiger partial charge in [-0.15, -0.1) is 0 Å². The molecule has 1 aliphatic rings. The number of aromatic nitrogens is 2. The highest BCUT2D eigenvalue weighted by molar-refractivity contribution is 5.82. The van der Waals surface area contributed by atoms with Crippen molar-refractivity contribution in [1.82, 2.24) is 20.2 Å². The third-order valence-electron chi connectivity index (χ3n) is 5.41. The number of piperidine rings is 1. The first-order valence-corrected chi connectivity index (χ1v) is 9.99. The summed E-state index contributed by atoms with van der Waals surface area (Å²) < 4.78 is 2.32. The van der Waals surface area contributed by atoms with Crippen molar-refractivity contribution in [3.8, 4) is 11.1 Å². The van der Waals surface area contributed by atoms with Crippen molar-refractivity contribution in [2.45, 2.75) is 25.9 Å². The van der Waals surface area contributed by atoms with Gasteiger partial charge in [0.15, 0.2) is 0 Å². The molecule has 4 rings (SSSR count). The van der Waals surface area contributed by atoms with E-state index in [0.717, 1.165) is 38.2 Å². The van der Waals surface area contributed by atoms with Gasteiger partial charge in [-0.2, -0.15) is 0 Å². The van der Waals surface area contributed by atoms with Gasteiger partial charge in [0.05, 0.1) is 17.4 Å². The van der Waals surface area contributed by atoms with E-state index in [9.17, 15) is 0 Å². The molecule has 1 saturated heterocycles. The average Bonchev–Trinajstić information content (AvgIpc) is 3.11. The van der Waals surface area contributed by atoms with Gasteiger partial charge in [-0.25, -0.2) is 4.98 Å². The Kier molecular flexibility index (Phi) is 5.82. The zero-order valence-electron chi connectivity index (χ0n) is 15.8. The molecule has 0 saturated carbocycles. The number of nitrogens with two attached hydrogens (primary N) is 1. The van der Waals surface area contributed by atoms with Gasteiger partial charge in [0, 0.05) is 26.2 Å². The minimum absolute atomic E-state index is 0.669. The molecule has 0 bridgehead atoms. The molecule has 1 fully saturated rings. The van der Waals surface area contributed by atoms with Crippen LogP contribution in [-0.2, 0) is 13.1 Å². The van der Waals surface area contributed by atoms with Crippen LogP contribution in [0, 0.1) is 5.92 Å². The maximum Gasteiger partial charge on any atom is 0.0958 e. The SMILES string of the molecule is NCCNCc1ccc(-c2ccc3ncn(CC4CCCNC4)c3c2)cc1. The molecule has 5 heteroatoms. The summed E-state index contributed by atoms with van der Waals surface area (Å²) >= 11 is 0. The summed E-state index contributed by atoms with van der Waals surface area (Å²) in [6, 6.07) is 15.4. The number of benzene rings is 2. The minimum Gasteiger partial charge on any atom is -0.330 e. The number of nitrogens with one attached hydrogen (secondary N) is 2. The molecule has 3 aromatic rings. The van der Waals surface area contributed by atoms with E-state index in [1.807, 2.05) is 6.33 Å². The Morgan fingerprint density at radius 1 is 1.15 bits per heavy atom. The summed E-state index contributed by atoms with van der Waals surface area (Å²) in [5, 5.41) is 6.85. The van der Waals surface area contributed by atoms with Gasteiger partial charge >= 0.3 is 0 Å². The van der Waals surface area contributed by atoms with Crippen molar-refractivity contribution < 1.29 is 0 Å². The third-order valence-corrected chi connectivity index (χ3v) is 5.41. The lowest BCUT2D eigenvalue weighted by atomic mass is 9.99. The van der Waals surface area contributed by atoms with E-state index < -0.39 is 0 Å². The first-order chi connectivity index (χ1) is 13.3. The lowest BCUT2D eigenvalue weighted by Gasteiger charge is -2.23. The molecule has 2 heterocycles. The van der Waals surface area contributed by atoms with Crippen LogP contribution < -0.4 is 16.4 Å². The Balaban J connectivity index is 1.52. The lowest BCUT2D eigenvalue weighted by Crippen LogP contribution is -2.32. The van der Waals surface area contributed by atoms with Gasteiger partial charge in [0.2, 0.25) is 0 Å². The molecule has 0 amide bonds. The van der Waals surface area contributed by atoms with Gasteiger partial charge in [-0.1, -0.05) is 30.3 Å². The van der Waals surface area contributed by atoms with Crippen LogP contribution in [0.5, 0.6) is 0 Å². The smallest absolute Gasteiger partial charge is 0.0958 e. The molecular formula is C22H29N5. The Morgan fingerprint density at radius 2 is 2.00 bits per heavy atom. The zero-order chi connectivity index (χ0) is 18.5. The van der Waals surface area contributed by atoms with Crippen molar-refractivity contribution in [2.75, 3.05) is 26.2 Å². The summed E-state index contributed by atoms with van der Waals surface area (Å²) in [5.74, 6) is 0.695. The molecule has 1 aliphatic heterocycles. The fraction of sp³-hybridized carbons (Fsp3) is 0.409. The number of imidazole rings is 1. The predicted molar refractivity (Wildman–Crippen MR) is 112 cm³/mol. The minimum atomic E-state index is 0.669. The second kappa shape index (κ2) is 8.65. The Labute approximate surface area is 161 Å². The van der Waals surface area contributed by atoms with E-state index in [1.165, 1.54) is 35.0 Å². The van der Waals surface area contributed by atoms with Crippen LogP contribution in [0.4, 0.5) is 0 Å². The number of hydrogen-bond donors (Lipinski definition) is 3. The second-order valence-electron chi connectivity index (χ2n) is 7.48. The van der Waals surface area contributed by atoms with E-state index in [1.54, 1.807) is 0 Å². The predicted octanol–water partition coefficient (Wildman–Crippen LogP) is 2.75. The van der Waals surface area contributed by atoms with E-state index in [2.05, 4.69) is 62.6 Å². The number of rotatable bonds is 7. The van der Waals surface area contributed by atoms with Crippen LogP contribution in [0.15, 0.2) is 48.8 Å². The first-order valence-electron chi connectivity index (χ1n) is 9.99. The third kappa shape index (κ3) is 4.38. The first kappa shape index (κ1) is 18.2. The van der Waals surface area contributed by atoms with E-state index in [4.69, 9.17) is 5.73 Å². The Morgan fingerprint density at radius 3 is 2.78 bits per heavy atom. The summed E-state index contributed by atoms with van der Waals surface area (Å²) in [5.41, 5.74) is 11.6. The maximum atomic E-state index is 5.53. The van der Waals surface area contributed by atoms with Crippen molar-refractivity contribution in [2.24, 2.45) is 11.7 Å². The zero-order valence-corrected chi connectivity index (χ0v) is 15.8. The van der Waals surface area contributed by atoms with Gasteiger partial charge < -0.3 is 20.9 Å². The monoisotopic (exact) mass is 363 g/mol. The molecule has 5 nitrogen and oxygen atoms in total. The van der Waals surface area contributed by atoms with Gasteiger partial charge in [-0.05, 0) is 60.7 Å². The van der Waals surface area contributed by atoms with Crippen LogP contribution in [0.25, 0.3) is 22.2 Å². The highest BCUT2D eigenvalue weighted by atomic mass is 15.1. The molecule has 0 spiro atoms. The molecule has 1 unspecified atom stereocenters. The summed E-state index contributed by atoms with van der Waals surface area (Å²) in [4.78, 5) is 4.60. The van der Waals surface area contributed by atoms with Crippen molar-refractivity contribution in [3.05, 3.63) is 54.4 Å². The molecule has 0 radical (unpaired) electrons. The van der Waals surface area contributed by atoms with Crippen molar-refractivity contribution >= 4 is 11.0 Å². The second-order valence-corrected chi connectivity index (χ2v) is 7.48. The van der Waals surface area contributed by atoms with Crippen molar-refractivity contribution in [1.29, 1.82) is 0 Å². The fourth-order valence-corrected chi connectivity index (χ4v) is 3.89. The molecule has 142 valence electrons. The summed E-state index contributed by atoms with van der Waals surface area (Å²) in [6.07, 6.45) is 4.57. The molecule has 2 aromatic carbocycles. The molecular weight excluding hydrogens is 334 g/mol. The number of hydrogen-bond acceptors (Lipinski definition) is 4. The van der Waals surface area contributed by atoms with Gasteiger partial charge in [-0.3, -0.25) is 0 Å². The van der Waals surface area contributed by atoms with Gasteiger partial charge in [0.25, 0.3) is 0 Å². The Bertz CT molecular complexity index is 862. The largest absolute Gasteiger partial charge is 0.330 e. The topological polar surface area (TPSA) is 67.9 Å². The highest BCUT2D eigenvalue weighted by Gasteiger charge is 2.15. The highest BCUT2D eigenvalue weighted by Crippen LogP contribution is 2.25. The van der Waals surface area contributed by atoms with Crippen molar-refractivity contribution in [3.63, 3.8) is 0 Å². The molecule has 4 N–H and O–H groups in total. The van der Waals surface area contributed by atoms with Gasteiger partial charge in [0.1, 0.15) is 0 Å². The van der Waals surface area contributed by atoms with E-state index in [0.29, 0.717) is 12.5 Å². The van der Waals surface area contributed by atoms with E-state index in [-0.39, 0.29) is 0 Å². The lowest BCUT2D eigenvalue weighted by molar-refractivity contribution is 0.340. The summed E-state index contributed by atoms with van der Waals surface area (Å²) in [6.45, 7) is 5.68. The van der Waals surface area contributed by atoms with Crippen LogP contribution in [0.2, 0.25) is 0 Å².